The third-order valence-electron chi connectivity index (χ3n) is 3.57. The van der Waals surface area contributed by atoms with E-state index < -0.39 is 6.04 Å². The number of nitrogens with two attached hydrogens (primary N) is 1. The van der Waals surface area contributed by atoms with Crippen LogP contribution in [-0.2, 0) is 18.3 Å². The van der Waals surface area contributed by atoms with Gasteiger partial charge >= 0.3 is 0 Å². The van der Waals surface area contributed by atoms with E-state index in [9.17, 15) is 9.18 Å². The van der Waals surface area contributed by atoms with Crippen molar-refractivity contribution in [3.8, 4) is 0 Å². The van der Waals surface area contributed by atoms with Gasteiger partial charge in [0.05, 0.1) is 11.6 Å². The Labute approximate surface area is 157 Å². The molecular formula is C15H23Cl2FN4OS. The van der Waals surface area contributed by atoms with E-state index in [0.29, 0.717) is 24.9 Å². The average Bonchev–Trinajstić information content (AvgIpc) is 2.83. The van der Waals surface area contributed by atoms with Crippen molar-refractivity contribution in [2.45, 2.75) is 18.9 Å². The molecule has 0 saturated carbocycles. The van der Waals surface area contributed by atoms with Crippen LogP contribution in [0.4, 0.5) is 4.39 Å². The van der Waals surface area contributed by atoms with Crippen molar-refractivity contribution in [3.05, 3.63) is 29.8 Å². The fourth-order valence-corrected chi connectivity index (χ4v) is 2.75. The maximum Gasteiger partial charge on any atom is 0.236 e. The molecule has 0 radical (unpaired) electrons. The number of nitrogens with zero attached hydrogens (tertiary/aromatic N) is 2. The van der Waals surface area contributed by atoms with Crippen LogP contribution in [-0.4, -0.2) is 40.1 Å². The lowest BCUT2D eigenvalue weighted by Gasteiger charge is -2.11. The summed E-state index contributed by atoms with van der Waals surface area (Å²) in [5, 5.41) is 2.81. The van der Waals surface area contributed by atoms with Crippen LogP contribution in [0.3, 0.4) is 0 Å². The topological polar surface area (TPSA) is 72.9 Å². The van der Waals surface area contributed by atoms with Crippen molar-refractivity contribution in [3.63, 3.8) is 0 Å². The van der Waals surface area contributed by atoms with Crippen molar-refractivity contribution in [1.82, 2.24) is 14.9 Å². The van der Waals surface area contributed by atoms with Gasteiger partial charge in [-0.1, -0.05) is 6.07 Å². The van der Waals surface area contributed by atoms with Gasteiger partial charge in [-0.25, -0.2) is 9.37 Å². The van der Waals surface area contributed by atoms with E-state index in [4.69, 9.17) is 5.73 Å². The van der Waals surface area contributed by atoms with Crippen LogP contribution < -0.4 is 11.1 Å². The van der Waals surface area contributed by atoms with Gasteiger partial charge in [0, 0.05) is 20.0 Å². The number of benzene rings is 1. The third-order valence-corrected chi connectivity index (χ3v) is 4.22. The first-order valence-electron chi connectivity index (χ1n) is 7.16. The van der Waals surface area contributed by atoms with E-state index in [0.717, 1.165) is 17.1 Å². The Kier molecular flexibility index (Phi) is 10.3. The molecule has 0 aliphatic rings. The number of carbonyl (C=O) groups is 1. The minimum atomic E-state index is -0.481. The standard InChI is InChI=1S/C15H21FN4OS.2ClH/c1-20-12-5-3-4-10(16)14(12)19-13(20)6-8-18-15(21)11(17)7-9-22-2;;/h3-5,11H,6-9,17H2,1-2H3,(H,18,21);2*1H/t11-;;/m0../s1. The summed E-state index contributed by atoms with van der Waals surface area (Å²) in [7, 11) is 1.84. The maximum atomic E-state index is 13.7. The van der Waals surface area contributed by atoms with Crippen molar-refractivity contribution in [1.29, 1.82) is 0 Å². The monoisotopic (exact) mass is 396 g/mol. The van der Waals surface area contributed by atoms with E-state index in [1.165, 1.54) is 6.07 Å². The molecule has 136 valence electrons. The fraction of sp³-hybridized carbons (Fsp3) is 0.467. The molecule has 1 aromatic heterocycles. The number of hydrogen-bond acceptors (Lipinski definition) is 4. The molecule has 24 heavy (non-hydrogen) atoms. The first kappa shape index (κ1) is 23.0. The minimum absolute atomic E-state index is 0. The average molecular weight is 397 g/mol. The minimum Gasteiger partial charge on any atom is -0.354 e. The molecule has 0 unspecified atom stereocenters. The van der Waals surface area contributed by atoms with E-state index in [2.05, 4.69) is 10.3 Å². The Morgan fingerprint density at radius 3 is 2.79 bits per heavy atom. The Bertz CT molecular complexity index is 668. The number of rotatable bonds is 7. The van der Waals surface area contributed by atoms with Crippen LogP contribution in [0.25, 0.3) is 11.0 Å². The first-order valence-corrected chi connectivity index (χ1v) is 8.56. The van der Waals surface area contributed by atoms with Crippen molar-refractivity contribution < 1.29 is 9.18 Å². The summed E-state index contributed by atoms with van der Waals surface area (Å²) in [6.07, 6.45) is 3.17. The van der Waals surface area contributed by atoms with Gasteiger partial charge in [0.15, 0.2) is 5.82 Å². The van der Waals surface area contributed by atoms with E-state index >= 15 is 0 Å². The summed E-state index contributed by atoms with van der Waals surface area (Å²) in [6, 6.07) is 4.40. The molecule has 5 nitrogen and oxygen atoms in total. The van der Waals surface area contributed by atoms with Crippen LogP contribution in [0.2, 0.25) is 0 Å². The van der Waals surface area contributed by atoms with Gasteiger partial charge < -0.3 is 15.6 Å². The number of para-hydroxylation sites is 1. The van der Waals surface area contributed by atoms with E-state index in [1.807, 2.05) is 23.9 Å². The number of imidazole rings is 1. The van der Waals surface area contributed by atoms with Crippen LogP contribution in [0.15, 0.2) is 18.2 Å². The second-order valence-electron chi connectivity index (χ2n) is 5.12. The molecule has 1 atom stereocenters. The normalized spacial score (nSPS) is 11.5. The summed E-state index contributed by atoms with van der Waals surface area (Å²) in [6.45, 7) is 0.435. The number of amides is 1. The molecule has 0 bridgehead atoms. The summed E-state index contributed by atoms with van der Waals surface area (Å²) >= 11 is 1.66. The van der Waals surface area contributed by atoms with Gasteiger partial charge in [0.25, 0.3) is 0 Å². The van der Waals surface area contributed by atoms with Gasteiger partial charge in [-0.3, -0.25) is 4.79 Å². The molecule has 0 aliphatic heterocycles. The van der Waals surface area contributed by atoms with Crippen molar-refractivity contribution in [2.75, 3.05) is 18.6 Å². The highest BCUT2D eigenvalue weighted by Gasteiger charge is 2.14. The van der Waals surface area contributed by atoms with Gasteiger partial charge in [0.2, 0.25) is 5.91 Å². The second-order valence-corrected chi connectivity index (χ2v) is 6.11. The number of aromatic nitrogens is 2. The van der Waals surface area contributed by atoms with Gasteiger partial charge in [0.1, 0.15) is 11.3 Å². The molecular weight excluding hydrogens is 374 g/mol. The number of nitrogens with one attached hydrogen (secondary N) is 1. The lowest BCUT2D eigenvalue weighted by atomic mass is 10.2. The number of hydrogen-bond donors (Lipinski definition) is 2. The summed E-state index contributed by atoms with van der Waals surface area (Å²) in [5.41, 5.74) is 6.91. The van der Waals surface area contributed by atoms with Crippen LogP contribution in [0.1, 0.15) is 12.2 Å². The fourth-order valence-electron chi connectivity index (χ4n) is 2.26. The van der Waals surface area contributed by atoms with E-state index in [1.54, 1.807) is 17.8 Å². The van der Waals surface area contributed by atoms with Crippen LogP contribution in [0.5, 0.6) is 0 Å². The number of fused-ring (bicyclic) bond motifs is 1. The van der Waals surface area contributed by atoms with Gasteiger partial charge in [-0.2, -0.15) is 11.8 Å². The smallest absolute Gasteiger partial charge is 0.236 e. The molecule has 0 spiro atoms. The zero-order valence-corrected chi connectivity index (χ0v) is 16.1. The highest BCUT2D eigenvalue weighted by atomic mass is 35.5. The van der Waals surface area contributed by atoms with Crippen LogP contribution in [0, 0.1) is 5.82 Å². The molecule has 1 aromatic carbocycles. The Balaban J connectivity index is 0.00000264. The predicted molar refractivity (Wildman–Crippen MR) is 103 cm³/mol. The molecule has 0 fully saturated rings. The third kappa shape index (κ3) is 5.51. The number of aryl methyl sites for hydroxylation is 1. The molecule has 3 N–H and O–H groups in total. The predicted octanol–water partition coefficient (Wildman–Crippen LogP) is 2.30. The van der Waals surface area contributed by atoms with Gasteiger partial charge in [-0.05, 0) is 30.6 Å². The number of thioether (sulfide) groups is 1. The molecule has 1 heterocycles. The van der Waals surface area contributed by atoms with E-state index in [-0.39, 0.29) is 36.5 Å². The molecule has 0 saturated heterocycles. The highest BCUT2D eigenvalue weighted by molar-refractivity contribution is 7.98. The molecule has 0 aliphatic carbocycles. The largest absolute Gasteiger partial charge is 0.354 e. The highest BCUT2D eigenvalue weighted by Crippen LogP contribution is 2.17. The Morgan fingerprint density at radius 1 is 1.46 bits per heavy atom. The Morgan fingerprint density at radius 2 is 2.17 bits per heavy atom. The first-order chi connectivity index (χ1) is 10.5. The quantitative estimate of drug-likeness (QED) is 0.752. The number of halogens is 3. The summed E-state index contributed by atoms with van der Waals surface area (Å²) in [4.78, 5) is 16.1. The summed E-state index contributed by atoms with van der Waals surface area (Å²) < 4.78 is 15.5. The SMILES string of the molecule is CSCC[C@H](N)C(=O)NCCc1nc2c(F)cccc2n1C.Cl.Cl. The lowest BCUT2D eigenvalue weighted by molar-refractivity contribution is -0.122. The number of carbonyl (C=O) groups excluding carboxylic acids is 1. The molecule has 9 heteroatoms. The second kappa shape index (κ2) is 10.8. The van der Waals surface area contributed by atoms with Crippen molar-refractivity contribution >= 4 is 53.5 Å². The van der Waals surface area contributed by atoms with Crippen molar-refractivity contribution in [2.24, 2.45) is 12.8 Å². The molecule has 2 rings (SSSR count). The Hall–Kier alpha value is -1.02. The van der Waals surface area contributed by atoms with Gasteiger partial charge in [-0.15, -0.1) is 24.8 Å². The zero-order valence-electron chi connectivity index (χ0n) is 13.6. The lowest BCUT2D eigenvalue weighted by Crippen LogP contribution is -2.41. The zero-order chi connectivity index (χ0) is 16.1. The van der Waals surface area contributed by atoms with Crippen LogP contribution >= 0.6 is 36.6 Å². The molecule has 2 aromatic rings. The summed E-state index contributed by atoms with van der Waals surface area (Å²) in [5.74, 6) is 1.11. The maximum absolute atomic E-state index is 13.7. The molecule has 1 amide bonds.